The normalized spacial score (nSPS) is 22.1. The lowest BCUT2D eigenvalue weighted by atomic mass is 9.97. The van der Waals surface area contributed by atoms with Gasteiger partial charge < -0.3 is 14.9 Å². The molecule has 3 aliphatic rings. The van der Waals surface area contributed by atoms with Crippen LogP contribution in [0, 0.1) is 0 Å². The third-order valence-electron chi connectivity index (χ3n) is 7.14. The van der Waals surface area contributed by atoms with Crippen LogP contribution in [0.1, 0.15) is 63.7 Å². The van der Waals surface area contributed by atoms with Crippen LogP contribution in [0.15, 0.2) is 58.7 Å². The van der Waals surface area contributed by atoms with Gasteiger partial charge in [-0.15, -0.1) is 0 Å². The molecule has 34 heavy (non-hydrogen) atoms. The summed E-state index contributed by atoms with van der Waals surface area (Å²) in [6, 6.07) is 10.7. The van der Waals surface area contributed by atoms with Crippen molar-refractivity contribution in [3.05, 3.63) is 59.3 Å². The number of hydrogen-bond acceptors (Lipinski definition) is 5. The molecular formula is C28H42N4O2. The number of piperazine rings is 1. The van der Waals surface area contributed by atoms with Gasteiger partial charge in [-0.3, -0.25) is 9.69 Å². The van der Waals surface area contributed by atoms with E-state index < -0.39 is 0 Å². The summed E-state index contributed by atoms with van der Waals surface area (Å²) < 4.78 is 0. The standard InChI is InChI=1S/C26H36N4O2.C2H6/c1-3-23-18-29(25-20(2)9-10-21(19-31)17-27-25)15-16-30(23)24-11-13-28(14-12-24)26(32)22-7-5-4-6-8-22;1-2/h4-9,17,23-24,31H,3,10-16,18-19H2,1-2H3;1-2H3. The first-order chi connectivity index (χ1) is 16.6. The Morgan fingerprint density at radius 1 is 1.09 bits per heavy atom. The van der Waals surface area contributed by atoms with E-state index in [9.17, 15) is 9.90 Å². The second kappa shape index (κ2) is 12.9. The Balaban J connectivity index is 0.00000158. The molecule has 1 atom stereocenters. The smallest absolute Gasteiger partial charge is 0.253 e. The number of allylic oxidation sites excluding steroid dienone is 1. The topological polar surface area (TPSA) is 59.4 Å². The van der Waals surface area contributed by atoms with Crippen LogP contribution in [0.3, 0.4) is 0 Å². The number of carbonyl (C=O) groups excluding carboxylic acids is 1. The van der Waals surface area contributed by atoms with Crippen LogP contribution < -0.4 is 0 Å². The number of amides is 1. The van der Waals surface area contributed by atoms with Crippen molar-refractivity contribution in [3.8, 4) is 0 Å². The van der Waals surface area contributed by atoms with Crippen molar-refractivity contribution in [2.24, 2.45) is 4.99 Å². The first kappa shape index (κ1) is 26.2. The largest absolute Gasteiger partial charge is 0.392 e. The molecule has 1 N–H and O–H groups in total. The predicted molar refractivity (Wildman–Crippen MR) is 140 cm³/mol. The van der Waals surface area contributed by atoms with Gasteiger partial charge in [0.25, 0.3) is 5.91 Å². The molecule has 3 heterocycles. The molecule has 0 radical (unpaired) electrons. The zero-order valence-electron chi connectivity index (χ0n) is 21.4. The van der Waals surface area contributed by atoms with Crippen LogP contribution in [0.2, 0.25) is 0 Å². The number of aliphatic hydroxyl groups excluding tert-OH is 1. The Labute approximate surface area is 205 Å². The van der Waals surface area contributed by atoms with Crippen molar-refractivity contribution in [1.82, 2.24) is 14.7 Å². The quantitative estimate of drug-likeness (QED) is 0.717. The van der Waals surface area contributed by atoms with E-state index in [-0.39, 0.29) is 12.5 Å². The number of carbonyl (C=O) groups is 1. The molecule has 1 amide bonds. The van der Waals surface area contributed by atoms with Crippen LogP contribution in [0.5, 0.6) is 0 Å². The first-order valence-corrected chi connectivity index (χ1v) is 13.0. The van der Waals surface area contributed by atoms with Gasteiger partial charge in [0.1, 0.15) is 5.84 Å². The molecule has 3 aliphatic heterocycles. The number of amidine groups is 1. The van der Waals surface area contributed by atoms with Crippen LogP contribution in [-0.2, 0) is 0 Å². The fourth-order valence-electron chi connectivity index (χ4n) is 5.19. The number of hydrogen-bond donors (Lipinski definition) is 1. The van der Waals surface area contributed by atoms with Crippen molar-refractivity contribution in [2.45, 2.75) is 65.5 Å². The highest BCUT2D eigenvalue weighted by Crippen LogP contribution is 2.26. The molecule has 0 saturated carbocycles. The van der Waals surface area contributed by atoms with E-state index in [2.05, 4.69) is 29.7 Å². The summed E-state index contributed by atoms with van der Waals surface area (Å²) >= 11 is 0. The Morgan fingerprint density at radius 2 is 1.79 bits per heavy atom. The molecule has 1 aromatic rings. The highest BCUT2D eigenvalue weighted by Gasteiger charge is 2.35. The highest BCUT2D eigenvalue weighted by atomic mass is 16.3. The third kappa shape index (κ3) is 6.16. The van der Waals surface area contributed by atoms with Gasteiger partial charge in [0.05, 0.1) is 6.61 Å². The lowest BCUT2D eigenvalue weighted by Gasteiger charge is -2.48. The van der Waals surface area contributed by atoms with Gasteiger partial charge in [-0.05, 0) is 55.9 Å². The predicted octanol–water partition coefficient (Wildman–Crippen LogP) is 4.34. The summed E-state index contributed by atoms with van der Waals surface area (Å²) in [5.41, 5.74) is 2.94. The van der Waals surface area contributed by atoms with Crippen LogP contribution in [0.25, 0.3) is 0 Å². The lowest BCUT2D eigenvalue weighted by molar-refractivity contribution is 0.0302. The maximum absolute atomic E-state index is 12.8. The van der Waals surface area contributed by atoms with E-state index in [1.807, 2.05) is 55.3 Å². The van der Waals surface area contributed by atoms with Crippen molar-refractivity contribution < 1.29 is 9.90 Å². The molecule has 4 rings (SSSR count). The van der Waals surface area contributed by atoms with Gasteiger partial charge in [0.15, 0.2) is 0 Å². The van der Waals surface area contributed by atoms with Crippen molar-refractivity contribution in [1.29, 1.82) is 0 Å². The van der Waals surface area contributed by atoms with Gasteiger partial charge in [0.2, 0.25) is 0 Å². The maximum atomic E-state index is 12.8. The van der Waals surface area contributed by atoms with Crippen molar-refractivity contribution >= 4 is 11.7 Å². The van der Waals surface area contributed by atoms with Crippen LogP contribution in [-0.4, -0.2) is 83.0 Å². The third-order valence-corrected chi connectivity index (χ3v) is 7.14. The van der Waals surface area contributed by atoms with Crippen LogP contribution in [0.4, 0.5) is 0 Å². The average molecular weight is 467 g/mol. The second-order valence-electron chi connectivity index (χ2n) is 9.12. The number of likely N-dealkylation sites (tertiary alicyclic amines) is 1. The van der Waals surface area contributed by atoms with Crippen LogP contribution >= 0.6 is 0 Å². The molecule has 186 valence electrons. The Bertz CT molecular complexity index is 885. The first-order valence-electron chi connectivity index (χ1n) is 13.0. The maximum Gasteiger partial charge on any atom is 0.253 e. The number of rotatable bonds is 4. The van der Waals surface area contributed by atoms with E-state index in [0.717, 1.165) is 75.4 Å². The minimum Gasteiger partial charge on any atom is -0.392 e. The van der Waals surface area contributed by atoms with Gasteiger partial charge in [-0.25, -0.2) is 4.99 Å². The zero-order valence-corrected chi connectivity index (χ0v) is 21.4. The molecule has 1 unspecified atom stereocenters. The van der Waals surface area contributed by atoms with E-state index >= 15 is 0 Å². The fraction of sp³-hybridized carbons (Fsp3) is 0.571. The molecule has 0 aliphatic carbocycles. The summed E-state index contributed by atoms with van der Waals surface area (Å²) in [5.74, 6) is 1.21. The molecule has 6 heteroatoms. The molecule has 0 aromatic heterocycles. The molecule has 6 nitrogen and oxygen atoms in total. The zero-order chi connectivity index (χ0) is 24.5. The summed E-state index contributed by atoms with van der Waals surface area (Å²) in [6.07, 6.45) is 7.98. The molecule has 2 saturated heterocycles. The van der Waals surface area contributed by atoms with Crippen molar-refractivity contribution in [2.75, 3.05) is 39.3 Å². The highest BCUT2D eigenvalue weighted by molar-refractivity contribution is 5.98. The van der Waals surface area contributed by atoms with E-state index in [1.165, 1.54) is 5.57 Å². The molecule has 0 spiro atoms. The minimum atomic E-state index is 0.0669. The molecule has 1 aromatic carbocycles. The SMILES string of the molecule is CC.CCC1CN(C2=NC=C(CO)CC=C2C)CCN1C1CCN(C(=O)c2ccccc2)CC1. The van der Waals surface area contributed by atoms with Gasteiger partial charge >= 0.3 is 0 Å². The second-order valence-corrected chi connectivity index (χ2v) is 9.12. The average Bonchev–Trinajstić information content (AvgIpc) is 3.10. The number of piperidine rings is 1. The Hall–Kier alpha value is -2.44. The van der Waals surface area contributed by atoms with Gasteiger partial charge in [-0.2, -0.15) is 0 Å². The number of aliphatic imine (C=N–C) groups is 1. The number of nitrogens with zero attached hydrogens (tertiary/aromatic N) is 4. The van der Waals surface area contributed by atoms with Crippen molar-refractivity contribution in [3.63, 3.8) is 0 Å². The number of aliphatic hydroxyl groups is 1. The summed E-state index contributed by atoms with van der Waals surface area (Å²) in [4.78, 5) is 24.6. The van der Waals surface area contributed by atoms with Gasteiger partial charge in [-0.1, -0.05) is 45.0 Å². The monoisotopic (exact) mass is 466 g/mol. The Kier molecular flexibility index (Phi) is 9.90. The summed E-state index contributed by atoms with van der Waals surface area (Å²) in [5, 5.41) is 9.46. The molecular weight excluding hydrogens is 424 g/mol. The van der Waals surface area contributed by atoms with E-state index in [4.69, 9.17) is 4.99 Å². The number of benzene rings is 1. The van der Waals surface area contributed by atoms with Gasteiger partial charge in [0, 0.05) is 56.6 Å². The Morgan fingerprint density at radius 3 is 2.44 bits per heavy atom. The van der Waals surface area contributed by atoms with E-state index in [0.29, 0.717) is 12.1 Å². The minimum absolute atomic E-state index is 0.0669. The van der Waals surface area contributed by atoms with E-state index in [1.54, 1.807) is 0 Å². The molecule has 2 fully saturated rings. The summed E-state index contributed by atoms with van der Waals surface area (Å²) in [6.45, 7) is 13.1. The summed E-state index contributed by atoms with van der Waals surface area (Å²) in [7, 11) is 0. The fourth-order valence-corrected chi connectivity index (χ4v) is 5.19. The molecule has 0 bridgehead atoms. The lowest BCUT2D eigenvalue weighted by Crippen LogP contribution is -2.59.